The zero-order chi connectivity index (χ0) is 10.7. The van der Waals surface area contributed by atoms with Gasteiger partial charge in [0.25, 0.3) is 0 Å². The van der Waals surface area contributed by atoms with Crippen molar-refractivity contribution in [1.82, 2.24) is 10.1 Å². The summed E-state index contributed by atoms with van der Waals surface area (Å²) in [7, 11) is 0. The molecule has 1 aliphatic rings. The monoisotopic (exact) mass is 209 g/mol. The van der Waals surface area contributed by atoms with Gasteiger partial charge in [-0.05, 0) is 19.3 Å². The molecule has 0 radical (unpaired) electrons. The van der Waals surface area contributed by atoms with Crippen molar-refractivity contribution in [3.63, 3.8) is 0 Å². The van der Waals surface area contributed by atoms with Crippen molar-refractivity contribution in [3.8, 4) is 0 Å². The van der Waals surface area contributed by atoms with Crippen molar-refractivity contribution in [2.75, 3.05) is 0 Å². The highest BCUT2D eigenvalue weighted by Crippen LogP contribution is 2.29. The first-order valence-electron chi connectivity index (χ1n) is 5.82. The van der Waals surface area contributed by atoms with Gasteiger partial charge in [0, 0.05) is 18.4 Å². The van der Waals surface area contributed by atoms with Crippen LogP contribution in [0.4, 0.5) is 0 Å². The Kier molecular flexibility index (Phi) is 3.05. The van der Waals surface area contributed by atoms with E-state index in [1.165, 1.54) is 12.8 Å². The van der Waals surface area contributed by atoms with E-state index in [4.69, 9.17) is 10.3 Å². The van der Waals surface area contributed by atoms with Crippen molar-refractivity contribution in [1.29, 1.82) is 0 Å². The standard InChI is InChI=1S/C11H19N3O/c1-2-5-9-13-10(15-14-9)8-11(12)6-3-4-7-11/h2-8,12H2,1H3. The fourth-order valence-electron chi connectivity index (χ4n) is 2.24. The number of nitrogens with zero attached hydrogens (tertiary/aromatic N) is 2. The lowest BCUT2D eigenvalue weighted by Gasteiger charge is -2.20. The van der Waals surface area contributed by atoms with E-state index in [1.807, 2.05) is 0 Å². The number of nitrogens with two attached hydrogens (primary N) is 1. The Labute approximate surface area is 90.2 Å². The smallest absolute Gasteiger partial charge is 0.228 e. The van der Waals surface area contributed by atoms with E-state index in [9.17, 15) is 0 Å². The lowest BCUT2D eigenvalue weighted by molar-refractivity contribution is 0.327. The molecule has 4 heteroatoms. The van der Waals surface area contributed by atoms with Gasteiger partial charge in [0.2, 0.25) is 5.89 Å². The Morgan fingerprint density at radius 2 is 2.13 bits per heavy atom. The van der Waals surface area contributed by atoms with Crippen LogP contribution in [0.3, 0.4) is 0 Å². The maximum atomic E-state index is 6.25. The van der Waals surface area contributed by atoms with Gasteiger partial charge in [-0.15, -0.1) is 0 Å². The average Bonchev–Trinajstić information content (AvgIpc) is 2.77. The summed E-state index contributed by atoms with van der Waals surface area (Å²) in [5, 5.41) is 3.94. The van der Waals surface area contributed by atoms with E-state index in [-0.39, 0.29) is 5.54 Å². The predicted molar refractivity (Wildman–Crippen MR) is 57.4 cm³/mol. The minimum absolute atomic E-state index is 0.0873. The average molecular weight is 209 g/mol. The lowest BCUT2D eigenvalue weighted by atomic mass is 9.95. The van der Waals surface area contributed by atoms with Crippen molar-refractivity contribution < 1.29 is 4.52 Å². The molecule has 1 fully saturated rings. The molecule has 1 heterocycles. The Bertz CT molecular complexity index is 315. The van der Waals surface area contributed by atoms with Gasteiger partial charge in [0.05, 0.1) is 0 Å². The Morgan fingerprint density at radius 3 is 2.80 bits per heavy atom. The molecule has 84 valence electrons. The van der Waals surface area contributed by atoms with Crippen LogP contribution in [-0.4, -0.2) is 15.7 Å². The predicted octanol–water partition coefficient (Wildman–Crippen LogP) is 1.84. The third-order valence-electron chi connectivity index (χ3n) is 3.09. The number of rotatable bonds is 4. The highest BCUT2D eigenvalue weighted by Gasteiger charge is 2.31. The molecule has 0 saturated heterocycles. The third kappa shape index (κ3) is 2.56. The van der Waals surface area contributed by atoms with Gasteiger partial charge >= 0.3 is 0 Å². The van der Waals surface area contributed by atoms with E-state index < -0.39 is 0 Å². The molecule has 1 aromatic heterocycles. The molecular formula is C11H19N3O. The van der Waals surface area contributed by atoms with Gasteiger partial charge < -0.3 is 10.3 Å². The molecule has 15 heavy (non-hydrogen) atoms. The minimum atomic E-state index is -0.0873. The summed E-state index contributed by atoms with van der Waals surface area (Å²) in [4.78, 5) is 4.35. The summed E-state index contributed by atoms with van der Waals surface area (Å²) in [6.07, 6.45) is 7.30. The molecule has 0 amide bonds. The SMILES string of the molecule is CCCc1noc(CC2(N)CCCC2)n1. The molecule has 1 saturated carbocycles. The molecule has 4 nitrogen and oxygen atoms in total. The van der Waals surface area contributed by atoms with E-state index >= 15 is 0 Å². The van der Waals surface area contributed by atoms with Gasteiger partial charge in [0.15, 0.2) is 5.82 Å². The molecule has 1 aromatic rings. The third-order valence-corrected chi connectivity index (χ3v) is 3.09. The van der Waals surface area contributed by atoms with Crippen molar-refractivity contribution >= 4 is 0 Å². The van der Waals surface area contributed by atoms with Gasteiger partial charge in [-0.2, -0.15) is 4.98 Å². The van der Waals surface area contributed by atoms with Crippen LogP contribution in [0.2, 0.25) is 0 Å². The zero-order valence-electron chi connectivity index (χ0n) is 9.33. The van der Waals surface area contributed by atoms with Crippen LogP contribution in [0.15, 0.2) is 4.52 Å². The molecule has 1 aliphatic carbocycles. The highest BCUT2D eigenvalue weighted by atomic mass is 16.5. The zero-order valence-corrected chi connectivity index (χ0v) is 9.33. The van der Waals surface area contributed by atoms with E-state index in [0.717, 1.165) is 37.9 Å². The Hall–Kier alpha value is -0.900. The van der Waals surface area contributed by atoms with Crippen LogP contribution >= 0.6 is 0 Å². The number of aromatic nitrogens is 2. The molecule has 0 spiro atoms. The first kappa shape index (κ1) is 10.6. The highest BCUT2D eigenvalue weighted by molar-refractivity contribution is 4.98. The molecule has 0 atom stereocenters. The minimum Gasteiger partial charge on any atom is -0.339 e. The van der Waals surface area contributed by atoms with E-state index in [0.29, 0.717) is 5.89 Å². The van der Waals surface area contributed by atoms with Gasteiger partial charge in [-0.3, -0.25) is 0 Å². The molecule has 0 aromatic carbocycles. The first-order chi connectivity index (χ1) is 7.22. The molecule has 0 unspecified atom stereocenters. The van der Waals surface area contributed by atoms with Gasteiger partial charge in [-0.25, -0.2) is 0 Å². The van der Waals surface area contributed by atoms with Crippen molar-refractivity contribution in [2.45, 2.75) is 57.4 Å². The molecule has 0 aliphatic heterocycles. The quantitative estimate of drug-likeness (QED) is 0.821. The Morgan fingerprint density at radius 1 is 1.40 bits per heavy atom. The number of hydrogen-bond acceptors (Lipinski definition) is 4. The first-order valence-corrected chi connectivity index (χ1v) is 5.82. The van der Waals surface area contributed by atoms with Crippen molar-refractivity contribution in [3.05, 3.63) is 11.7 Å². The van der Waals surface area contributed by atoms with Crippen LogP contribution in [0.5, 0.6) is 0 Å². The second-order valence-corrected chi connectivity index (χ2v) is 4.60. The maximum absolute atomic E-state index is 6.25. The largest absolute Gasteiger partial charge is 0.339 e. The molecular weight excluding hydrogens is 190 g/mol. The van der Waals surface area contributed by atoms with Crippen LogP contribution in [0.25, 0.3) is 0 Å². The van der Waals surface area contributed by atoms with Gasteiger partial charge in [0.1, 0.15) is 0 Å². The summed E-state index contributed by atoms with van der Waals surface area (Å²) in [6, 6.07) is 0. The van der Waals surface area contributed by atoms with Crippen molar-refractivity contribution in [2.24, 2.45) is 5.73 Å². The summed E-state index contributed by atoms with van der Waals surface area (Å²) in [5.41, 5.74) is 6.16. The summed E-state index contributed by atoms with van der Waals surface area (Å²) in [5.74, 6) is 1.52. The second kappa shape index (κ2) is 4.31. The lowest BCUT2D eigenvalue weighted by Crippen LogP contribution is -2.38. The summed E-state index contributed by atoms with van der Waals surface area (Å²) >= 11 is 0. The summed E-state index contributed by atoms with van der Waals surface area (Å²) in [6.45, 7) is 2.11. The topological polar surface area (TPSA) is 64.9 Å². The van der Waals surface area contributed by atoms with Crippen LogP contribution in [-0.2, 0) is 12.8 Å². The van der Waals surface area contributed by atoms with Crippen LogP contribution in [0.1, 0.15) is 50.7 Å². The Balaban J connectivity index is 1.97. The van der Waals surface area contributed by atoms with Crippen LogP contribution < -0.4 is 5.73 Å². The number of hydrogen-bond donors (Lipinski definition) is 1. The van der Waals surface area contributed by atoms with Crippen LogP contribution in [0, 0.1) is 0 Å². The van der Waals surface area contributed by atoms with E-state index in [2.05, 4.69) is 17.1 Å². The second-order valence-electron chi connectivity index (χ2n) is 4.60. The summed E-state index contributed by atoms with van der Waals surface area (Å²) < 4.78 is 5.20. The molecule has 0 bridgehead atoms. The maximum Gasteiger partial charge on any atom is 0.228 e. The van der Waals surface area contributed by atoms with Gasteiger partial charge in [-0.1, -0.05) is 24.9 Å². The molecule has 2 rings (SSSR count). The number of aryl methyl sites for hydroxylation is 1. The fraction of sp³-hybridized carbons (Fsp3) is 0.818. The normalized spacial score (nSPS) is 19.6. The fourth-order valence-corrected chi connectivity index (χ4v) is 2.24. The van der Waals surface area contributed by atoms with E-state index in [1.54, 1.807) is 0 Å². The molecule has 2 N–H and O–H groups in total.